The largest absolute Gasteiger partial charge is 0.393 e. The van der Waals surface area contributed by atoms with Crippen LogP contribution in [0.3, 0.4) is 0 Å². The molecule has 2 saturated carbocycles. The Labute approximate surface area is 133 Å². The van der Waals surface area contributed by atoms with Gasteiger partial charge in [-0.25, -0.2) is 0 Å². The lowest BCUT2D eigenvalue weighted by molar-refractivity contribution is -0.114. The van der Waals surface area contributed by atoms with Crippen molar-refractivity contribution in [3.8, 4) is 0 Å². The van der Waals surface area contributed by atoms with E-state index in [2.05, 4.69) is 6.92 Å². The lowest BCUT2D eigenvalue weighted by atomic mass is 9.55. The molecule has 0 amide bonds. The van der Waals surface area contributed by atoms with Crippen LogP contribution in [0.1, 0.15) is 71.1 Å². The van der Waals surface area contributed by atoms with Gasteiger partial charge in [-0.15, -0.1) is 0 Å². The molecule has 4 aliphatic rings. The third kappa shape index (κ3) is 1.99. The highest BCUT2D eigenvalue weighted by atomic mass is 16.3. The number of carbonyl (C=O) groups is 1. The molecule has 2 fully saturated rings. The minimum Gasteiger partial charge on any atom is -0.393 e. The number of rotatable bonds is 2. The first-order valence-electron chi connectivity index (χ1n) is 9.29. The van der Waals surface area contributed by atoms with Crippen LogP contribution >= 0.6 is 0 Å². The minimum atomic E-state index is -0.0751. The lowest BCUT2D eigenvalue weighted by Gasteiger charge is -2.50. The SMILES string of the molecule is CCC[C@]12CCC3=C4CCC(=O)C=C4CC[C@H]3[C@@H]1CC[C@@H]2O. The molecule has 0 aromatic carbocycles. The molecule has 1 N–H and O–H groups in total. The molecule has 0 aromatic rings. The van der Waals surface area contributed by atoms with Crippen molar-refractivity contribution in [1.29, 1.82) is 0 Å². The zero-order valence-electron chi connectivity index (χ0n) is 13.7. The zero-order valence-corrected chi connectivity index (χ0v) is 13.7. The second kappa shape index (κ2) is 5.33. The van der Waals surface area contributed by atoms with Gasteiger partial charge in [-0.2, -0.15) is 0 Å². The topological polar surface area (TPSA) is 37.3 Å². The molecular weight excluding hydrogens is 272 g/mol. The van der Waals surface area contributed by atoms with E-state index in [0.717, 1.165) is 19.3 Å². The Kier molecular flexibility index (Phi) is 3.56. The average Bonchev–Trinajstić information content (AvgIpc) is 2.84. The number of hydrogen-bond donors (Lipinski definition) is 1. The molecule has 2 nitrogen and oxygen atoms in total. The number of carbonyl (C=O) groups excluding carboxylic acids is 1. The van der Waals surface area contributed by atoms with Crippen molar-refractivity contribution in [2.75, 3.05) is 0 Å². The van der Waals surface area contributed by atoms with Gasteiger partial charge in [-0.3, -0.25) is 4.79 Å². The average molecular weight is 300 g/mol. The van der Waals surface area contributed by atoms with Crippen LogP contribution in [0.25, 0.3) is 0 Å². The molecule has 0 unspecified atom stereocenters. The van der Waals surface area contributed by atoms with E-state index >= 15 is 0 Å². The Hall–Kier alpha value is -0.890. The highest BCUT2D eigenvalue weighted by Gasteiger charge is 2.55. The Balaban J connectivity index is 1.72. The standard InChI is InChI=1S/C20H28O2/c1-2-10-20-11-9-16-15-6-4-14(21)12-13(15)3-5-17(16)18(20)7-8-19(20)22/h12,17-19,22H,2-11H2,1H3/t17-,18+,19+,20+/m1/s1. The second-order valence-electron chi connectivity index (χ2n) is 7.97. The summed E-state index contributed by atoms with van der Waals surface area (Å²) in [5, 5.41) is 10.7. The highest BCUT2D eigenvalue weighted by molar-refractivity contribution is 5.93. The van der Waals surface area contributed by atoms with Crippen molar-refractivity contribution in [2.45, 2.75) is 77.2 Å². The molecule has 4 atom stereocenters. The van der Waals surface area contributed by atoms with Crippen molar-refractivity contribution >= 4 is 5.78 Å². The summed E-state index contributed by atoms with van der Waals surface area (Å²) in [5.41, 5.74) is 4.78. The first kappa shape index (κ1) is 14.7. The van der Waals surface area contributed by atoms with Gasteiger partial charge in [0, 0.05) is 6.42 Å². The Bertz CT molecular complexity index is 556. The zero-order chi connectivity index (χ0) is 15.3. The monoisotopic (exact) mass is 300 g/mol. The van der Waals surface area contributed by atoms with Gasteiger partial charge in [0.1, 0.15) is 0 Å². The third-order valence-corrected chi connectivity index (χ3v) is 7.12. The Morgan fingerprint density at radius 2 is 2.05 bits per heavy atom. The molecule has 0 saturated heterocycles. The maximum absolute atomic E-state index is 11.7. The summed E-state index contributed by atoms with van der Waals surface area (Å²) in [6.45, 7) is 2.26. The predicted octanol–water partition coefficient (Wildman–Crippen LogP) is 4.33. The Morgan fingerprint density at radius 1 is 1.18 bits per heavy atom. The number of allylic oxidation sites excluding steroid dienone is 4. The van der Waals surface area contributed by atoms with E-state index in [4.69, 9.17) is 0 Å². The maximum atomic E-state index is 11.7. The van der Waals surface area contributed by atoms with Crippen molar-refractivity contribution < 1.29 is 9.90 Å². The summed E-state index contributed by atoms with van der Waals surface area (Å²) >= 11 is 0. The maximum Gasteiger partial charge on any atom is 0.156 e. The molecule has 2 heteroatoms. The van der Waals surface area contributed by atoms with Crippen LogP contribution in [0.4, 0.5) is 0 Å². The number of ketones is 1. The molecule has 0 aliphatic heterocycles. The summed E-state index contributed by atoms with van der Waals surface area (Å²) in [6.07, 6.45) is 12.8. The minimum absolute atomic E-state index is 0.0751. The fourth-order valence-corrected chi connectivity index (χ4v) is 6.26. The van der Waals surface area contributed by atoms with Gasteiger partial charge in [0.15, 0.2) is 5.78 Å². The quantitative estimate of drug-likeness (QED) is 0.824. The van der Waals surface area contributed by atoms with E-state index in [0.29, 0.717) is 24.0 Å². The van der Waals surface area contributed by atoms with Crippen LogP contribution in [-0.2, 0) is 4.79 Å². The lowest BCUT2D eigenvalue weighted by Crippen LogP contribution is -2.44. The van der Waals surface area contributed by atoms with E-state index < -0.39 is 0 Å². The van der Waals surface area contributed by atoms with E-state index in [-0.39, 0.29) is 11.5 Å². The molecule has 120 valence electrons. The molecule has 4 rings (SSSR count). The van der Waals surface area contributed by atoms with Crippen molar-refractivity contribution in [3.63, 3.8) is 0 Å². The number of fused-ring (bicyclic) bond motifs is 4. The molecule has 22 heavy (non-hydrogen) atoms. The van der Waals surface area contributed by atoms with Crippen LogP contribution < -0.4 is 0 Å². The summed E-state index contributed by atoms with van der Waals surface area (Å²) in [5.74, 6) is 1.71. The van der Waals surface area contributed by atoms with Crippen LogP contribution in [0.5, 0.6) is 0 Å². The van der Waals surface area contributed by atoms with Gasteiger partial charge >= 0.3 is 0 Å². The fraction of sp³-hybridized carbons (Fsp3) is 0.750. The van der Waals surface area contributed by atoms with E-state index in [1.54, 1.807) is 11.1 Å². The van der Waals surface area contributed by atoms with Crippen molar-refractivity contribution in [3.05, 3.63) is 22.8 Å². The number of aliphatic hydroxyl groups excluding tert-OH is 1. The molecule has 0 aromatic heterocycles. The molecule has 0 heterocycles. The molecule has 0 radical (unpaired) electrons. The fourth-order valence-electron chi connectivity index (χ4n) is 6.26. The van der Waals surface area contributed by atoms with Crippen LogP contribution in [-0.4, -0.2) is 17.0 Å². The second-order valence-corrected chi connectivity index (χ2v) is 7.97. The van der Waals surface area contributed by atoms with Gasteiger partial charge in [0.2, 0.25) is 0 Å². The number of hydrogen-bond acceptors (Lipinski definition) is 2. The first-order chi connectivity index (χ1) is 10.7. The van der Waals surface area contributed by atoms with Gasteiger partial charge in [-0.05, 0) is 85.8 Å². The molecule has 0 spiro atoms. The first-order valence-corrected chi connectivity index (χ1v) is 9.29. The van der Waals surface area contributed by atoms with Crippen LogP contribution in [0.15, 0.2) is 22.8 Å². The summed E-state index contributed by atoms with van der Waals surface area (Å²) in [6, 6.07) is 0. The summed E-state index contributed by atoms with van der Waals surface area (Å²) < 4.78 is 0. The predicted molar refractivity (Wildman–Crippen MR) is 87.4 cm³/mol. The molecule has 0 bridgehead atoms. The summed E-state index contributed by atoms with van der Waals surface area (Å²) in [7, 11) is 0. The smallest absolute Gasteiger partial charge is 0.156 e. The normalized spacial score (nSPS) is 40.9. The van der Waals surface area contributed by atoms with Gasteiger partial charge in [-0.1, -0.05) is 18.9 Å². The third-order valence-electron chi connectivity index (χ3n) is 7.12. The Morgan fingerprint density at radius 3 is 2.86 bits per heavy atom. The van der Waals surface area contributed by atoms with Crippen LogP contribution in [0, 0.1) is 17.3 Å². The number of aliphatic hydroxyl groups is 1. The van der Waals surface area contributed by atoms with Crippen molar-refractivity contribution in [2.24, 2.45) is 17.3 Å². The van der Waals surface area contributed by atoms with Gasteiger partial charge in [0.05, 0.1) is 6.10 Å². The molecular formula is C20H28O2. The highest BCUT2D eigenvalue weighted by Crippen LogP contribution is 2.61. The van der Waals surface area contributed by atoms with Crippen molar-refractivity contribution in [1.82, 2.24) is 0 Å². The summed E-state index contributed by atoms with van der Waals surface area (Å²) in [4.78, 5) is 11.7. The van der Waals surface area contributed by atoms with E-state index in [1.165, 1.54) is 44.1 Å². The van der Waals surface area contributed by atoms with Gasteiger partial charge in [0.25, 0.3) is 0 Å². The van der Waals surface area contributed by atoms with Gasteiger partial charge < -0.3 is 5.11 Å². The van der Waals surface area contributed by atoms with E-state index in [1.807, 2.05) is 6.08 Å². The molecule has 4 aliphatic carbocycles. The van der Waals surface area contributed by atoms with E-state index in [9.17, 15) is 9.90 Å². The van der Waals surface area contributed by atoms with Crippen LogP contribution in [0.2, 0.25) is 0 Å².